The van der Waals surface area contributed by atoms with Gasteiger partial charge in [-0.15, -0.1) is 0 Å². The number of primary amides is 1. The number of ether oxygens (including phenoxy) is 1. The van der Waals surface area contributed by atoms with Crippen molar-refractivity contribution in [2.24, 2.45) is 5.73 Å². The highest BCUT2D eigenvalue weighted by Gasteiger charge is 2.12. The Morgan fingerprint density at radius 3 is 2.61 bits per heavy atom. The highest BCUT2D eigenvalue weighted by Crippen LogP contribution is 2.27. The van der Waals surface area contributed by atoms with Gasteiger partial charge in [-0.05, 0) is 55.0 Å². The van der Waals surface area contributed by atoms with E-state index >= 15 is 0 Å². The predicted octanol–water partition coefficient (Wildman–Crippen LogP) is 3.56. The maximum Gasteiger partial charge on any atom is 0.248 e. The van der Waals surface area contributed by atoms with Crippen LogP contribution in [0.3, 0.4) is 0 Å². The minimum absolute atomic E-state index is 0.443. The van der Waals surface area contributed by atoms with Gasteiger partial charge in [-0.2, -0.15) is 0 Å². The summed E-state index contributed by atoms with van der Waals surface area (Å²) >= 11 is 0. The number of imidazole rings is 1. The Bertz CT molecular complexity index is 1170. The second-order valence-corrected chi connectivity index (χ2v) is 6.36. The first-order chi connectivity index (χ1) is 13.6. The lowest BCUT2D eigenvalue weighted by molar-refractivity contribution is 0.0999. The minimum Gasteiger partial charge on any atom is -0.497 e. The number of nitrogens with two attached hydrogens (primary N) is 1. The van der Waals surface area contributed by atoms with Gasteiger partial charge in [-0.3, -0.25) is 9.20 Å². The molecule has 0 saturated carbocycles. The summed E-state index contributed by atoms with van der Waals surface area (Å²) in [5, 5.41) is 3.27. The number of methoxy groups -OCH3 is 1. The molecular formula is C21H19N5O2. The van der Waals surface area contributed by atoms with Crippen LogP contribution in [0.1, 0.15) is 15.9 Å². The van der Waals surface area contributed by atoms with Gasteiger partial charge in [0.1, 0.15) is 5.75 Å². The number of fused-ring (bicyclic) bond motifs is 1. The number of nitrogens with zero attached hydrogens (tertiary/aromatic N) is 3. The van der Waals surface area contributed by atoms with Crippen molar-refractivity contribution < 1.29 is 9.53 Å². The molecule has 0 aliphatic rings. The molecule has 4 aromatic rings. The maximum atomic E-state index is 11.4. The molecule has 0 radical (unpaired) electrons. The van der Waals surface area contributed by atoms with Crippen molar-refractivity contribution in [2.45, 2.75) is 6.92 Å². The van der Waals surface area contributed by atoms with E-state index in [0.29, 0.717) is 17.0 Å². The third kappa shape index (κ3) is 3.14. The van der Waals surface area contributed by atoms with Crippen LogP contribution in [0.4, 0.5) is 11.5 Å². The second kappa shape index (κ2) is 7.03. The molecule has 0 aliphatic heterocycles. The molecule has 0 atom stereocenters. The first kappa shape index (κ1) is 17.5. The van der Waals surface area contributed by atoms with E-state index in [2.05, 4.69) is 15.3 Å². The largest absolute Gasteiger partial charge is 0.497 e. The monoisotopic (exact) mass is 373 g/mol. The van der Waals surface area contributed by atoms with Crippen LogP contribution in [0.15, 0.2) is 61.1 Å². The standard InChI is InChI=1S/C21H19N5O2/c1-13-11-15(5-8-17(13)19(22)27)25-20-21-24-12-18(26(21)10-9-23-20)14-3-6-16(28-2)7-4-14/h3-12H,1-2H3,(H2,22,27)(H,23,25). The average Bonchev–Trinajstić information content (AvgIpc) is 3.13. The molecule has 7 heteroatoms. The molecule has 3 N–H and O–H groups in total. The van der Waals surface area contributed by atoms with E-state index in [4.69, 9.17) is 10.5 Å². The molecule has 2 aromatic heterocycles. The molecule has 4 rings (SSSR count). The molecule has 1 amide bonds. The fraction of sp³-hybridized carbons (Fsp3) is 0.0952. The van der Waals surface area contributed by atoms with Crippen LogP contribution in [0.25, 0.3) is 16.9 Å². The summed E-state index contributed by atoms with van der Waals surface area (Å²) in [5.74, 6) is 0.978. The summed E-state index contributed by atoms with van der Waals surface area (Å²) in [4.78, 5) is 20.4. The van der Waals surface area contributed by atoms with Crippen LogP contribution >= 0.6 is 0 Å². The Morgan fingerprint density at radius 2 is 1.93 bits per heavy atom. The van der Waals surface area contributed by atoms with Crippen LogP contribution in [-0.4, -0.2) is 27.4 Å². The summed E-state index contributed by atoms with van der Waals surface area (Å²) < 4.78 is 7.19. The van der Waals surface area contributed by atoms with Crippen molar-refractivity contribution in [1.82, 2.24) is 14.4 Å². The number of hydrogen-bond acceptors (Lipinski definition) is 5. The Labute approximate surface area is 161 Å². The van der Waals surface area contributed by atoms with Crippen LogP contribution in [0, 0.1) is 6.92 Å². The van der Waals surface area contributed by atoms with E-state index in [-0.39, 0.29) is 0 Å². The van der Waals surface area contributed by atoms with Gasteiger partial charge in [0.15, 0.2) is 11.5 Å². The highest BCUT2D eigenvalue weighted by atomic mass is 16.5. The molecular weight excluding hydrogens is 354 g/mol. The number of rotatable bonds is 5. The van der Waals surface area contributed by atoms with Gasteiger partial charge in [0.05, 0.1) is 19.0 Å². The molecule has 0 spiro atoms. The van der Waals surface area contributed by atoms with Gasteiger partial charge in [0, 0.05) is 29.2 Å². The summed E-state index contributed by atoms with van der Waals surface area (Å²) in [6.45, 7) is 1.84. The number of hydrogen-bond donors (Lipinski definition) is 2. The van der Waals surface area contributed by atoms with Crippen molar-refractivity contribution in [3.63, 3.8) is 0 Å². The normalized spacial score (nSPS) is 10.8. The molecule has 2 aromatic carbocycles. The van der Waals surface area contributed by atoms with E-state index in [1.165, 1.54) is 0 Å². The number of amides is 1. The lowest BCUT2D eigenvalue weighted by atomic mass is 10.1. The number of anilines is 2. The lowest BCUT2D eigenvalue weighted by Gasteiger charge is -2.10. The Morgan fingerprint density at radius 1 is 1.14 bits per heavy atom. The predicted molar refractivity (Wildman–Crippen MR) is 108 cm³/mol. The molecule has 2 heterocycles. The fourth-order valence-electron chi connectivity index (χ4n) is 3.14. The zero-order valence-electron chi connectivity index (χ0n) is 15.5. The van der Waals surface area contributed by atoms with Gasteiger partial charge >= 0.3 is 0 Å². The first-order valence-corrected chi connectivity index (χ1v) is 8.71. The molecule has 0 fully saturated rings. The number of aryl methyl sites for hydroxylation is 1. The van der Waals surface area contributed by atoms with Gasteiger partial charge < -0.3 is 15.8 Å². The van der Waals surface area contributed by atoms with E-state index in [1.807, 2.05) is 54.0 Å². The third-order valence-corrected chi connectivity index (χ3v) is 4.57. The smallest absolute Gasteiger partial charge is 0.248 e. The van der Waals surface area contributed by atoms with Crippen LogP contribution < -0.4 is 15.8 Å². The zero-order valence-corrected chi connectivity index (χ0v) is 15.5. The first-order valence-electron chi connectivity index (χ1n) is 8.71. The molecule has 0 saturated heterocycles. The van der Waals surface area contributed by atoms with Crippen molar-refractivity contribution in [1.29, 1.82) is 0 Å². The van der Waals surface area contributed by atoms with Crippen LogP contribution in [-0.2, 0) is 0 Å². The molecule has 0 unspecified atom stereocenters. The fourth-order valence-corrected chi connectivity index (χ4v) is 3.14. The molecule has 0 aliphatic carbocycles. The number of aromatic nitrogens is 3. The van der Waals surface area contributed by atoms with E-state index in [9.17, 15) is 4.79 Å². The minimum atomic E-state index is -0.443. The van der Waals surface area contributed by atoms with E-state index < -0.39 is 5.91 Å². The average molecular weight is 373 g/mol. The zero-order chi connectivity index (χ0) is 19.7. The Balaban J connectivity index is 1.70. The number of carbonyl (C=O) groups excluding carboxylic acids is 1. The molecule has 28 heavy (non-hydrogen) atoms. The molecule has 140 valence electrons. The van der Waals surface area contributed by atoms with Crippen LogP contribution in [0.5, 0.6) is 5.75 Å². The molecule has 0 bridgehead atoms. The van der Waals surface area contributed by atoms with Crippen molar-refractivity contribution >= 4 is 23.1 Å². The van der Waals surface area contributed by atoms with E-state index in [1.54, 1.807) is 25.4 Å². The van der Waals surface area contributed by atoms with Crippen molar-refractivity contribution in [3.8, 4) is 17.0 Å². The lowest BCUT2D eigenvalue weighted by Crippen LogP contribution is -2.12. The number of carbonyl (C=O) groups is 1. The van der Waals surface area contributed by atoms with Crippen molar-refractivity contribution in [2.75, 3.05) is 12.4 Å². The third-order valence-electron chi connectivity index (χ3n) is 4.57. The quantitative estimate of drug-likeness (QED) is 0.558. The second-order valence-electron chi connectivity index (χ2n) is 6.36. The van der Waals surface area contributed by atoms with Crippen molar-refractivity contribution in [3.05, 3.63) is 72.2 Å². The summed E-state index contributed by atoms with van der Waals surface area (Å²) in [5.41, 5.74) is 10.1. The van der Waals surface area contributed by atoms with Gasteiger partial charge in [0.2, 0.25) is 5.91 Å². The number of nitrogens with one attached hydrogen (secondary N) is 1. The Kier molecular flexibility index (Phi) is 4.41. The highest BCUT2D eigenvalue weighted by molar-refractivity contribution is 5.94. The molecule has 7 nitrogen and oxygen atoms in total. The van der Waals surface area contributed by atoms with E-state index in [0.717, 1.165) is 28.3 Å². The summed E-state index contributed by atoms with van der Waals surface area (Å²) in [6.07, 6.45) is 5.40. The SMILES string of the molecule is COc1ccc(-c2cnc3c(Nc4ccc(C(N)=O)c(C)c4)nccn23)cc1. The van der Waals surface area contributed by atoms with Gasteiger partial charge in [-0.25, -0.2) is 9.97 Å². The van der Waals surface area contributed by atoms with Gasteiger partial charge in [0.25, 0.3) is 0 Å². The summed E-state index contributed by atoms with van der Waals surface area (Å²) in [6, 6.07) is 13.2. The van der Waals surface area contributed by atoms with Gasteiger partial charge in [-0.1, -0.05) is 0 Å². The van der Waals surface area contributed by atoms with Crippen LogP contribution in [0.2, 0.25) is 0 Å². The number of benzene rings is 2. The maximum absolute atomic E-state index is 11.4. The Hall–Kier alpha value is -3.87. The topological polar surface area (TPSA) is 94.5 Å². The summed E-state index contributed by atoms with van der Waals surface area (Å²) in [7, 11) is 1.64.